The van der Waals surface area contributed by atoms with E-state index in [0.29, 0.717) is 29.5 Å². The lowest BCUT2D eigenvalue weighted by Crippen LogP contribution is -2.52. The molecule has 0 spiro atoms. The summed E-state index contributed by atoms with van der Waals surface area (Å²) in [5.41, 5.74) is 1.24. The van der Waals surface area contributed by atoms with E-state index in [0.717, 1.165) is 0 Å². The minimum absolute atomic E-state index is 0.0935. The molecule has 1 fully saturated rings. The molecule has 116 valence electrons. The van der Waals surface area contributed by atoms with E-state index in [1.165, 1.54) is 0 Å². The molecule has 1 aliphatic heterocycles. The highest BCUT2D eigenvalue weighted by Crippen LogP contribution is 2.22. The van der Waals surface area contributed by atoms with Gasteiger partial charge >= 0.3 is 6.03 Å². The smallest absolute Gasteiger partial charge is 0.321 e. The van der Waals surface area contributed by atoms with Gasteiger partial charge in [-0.2, -0.15) is 0 Å². The van der Waals surface area contributed by atoms with Crippen LogP contribution in [0.25, 0.3) is 0 Å². The summed E-state index contributed by atoms with van der Waals surface area (Å²) in [6.45, 7) is 2.76. The van der Waals surface area contributed by atoms with Crippen LogP contribution in [0.15, 0.2) is 30.5 Å². The molecule has 2 N–H and O–H groups in total. The van der Waals surface area contributed by atoms with Crippen molar-refractivity contribution in [1.29, 1.82) is 0 Å². The van der Waals surface area contributed by atoms with Crippen molar-refractivity contribution in [3.63, 3.8) is 0 Å². The predicted octanol–water partition coefficient (Wildman–Crippen LogP) is 2.07. The molecule has 0 aliphatic carbocycles. The summed E-state index contributed by atoms with van der Waals surface area (Å²) in [6.07, 6.45) is 1.07. The fourth-order valence-electron chi connectivity index (χ4n) is 2.18. The summed E-state index contributed by atoms with van der Waals surface area (Å²) in [6, 6.07) is 6.89. The van der Waals surface area contributed by atoms with Crippen molar-refractivity contribution in [2.45, 2.75) is 19.1 Å². The van der Waals surface area contributed by atoms with Crippen molar-refractivity contribution >= 4 is 23.3 Å². The number of aliphatic hydroxyl groups excluding tert-OH is 1. The molecule has 0 bridgehead atoms. The molecule has 2 heterocycles. The molecule has 8 heteroatoms. The predicted molar refractivity (Wildman–Crippen MR) is 81.7 cm³/mol. The van der Waals surface area contributed by atoms with E-state index < -0.39 is 6.10 Å². The van der Waals surface area contributed by atoms with Crippen LogP contribution in [0.2, 0.25) is 5.02 Å². The maximum atomic E-state index is 12.1. The number of hydrogen-bond acceptors (Lipinski definition) is 4. The third-order valence-electron chi connectivity index (χ3n) is 3.58. The molecule has 1 saturated heterocycles. The monoisotopic (exact) mass is 321 g/mol. The fraction of sp³-hybridized carbons (Fsp3) is 0.357. The Morgan fingerprint density at radius 1 is 1.41 bits per heavy atom. The van der Waals surface area contributed by atoms with Crippen LogP contribution in [0.1, 0.15) is 24.8 Å². The molecule has 2 amide bonds. The third kappa shape index (κ3) is 3.05. The van der Waals surface area contributed by atoms with Crippen molar-refractivity contribution in [2.24, 2.45) is 0 Å². The molecule has 0 radical (unpaired) electrons. The van der Waals surface area contributed by atoms with Gasteiger partial charge in [-0.15, -0.1) is 5.10 Å². The normalized spacial score (nSPS) is 16.2. The molecule has 1 aliphatic rings. The van der Waals surface area contributed by atoms with Gasteiger partial charge in [0, 0.05) is 23.8 Å². The van der Waals surface area contributed by atoms with Crippen LogP contribution < -0.4 is 5.32 Å². The van der Waals surface area contributed by atoms with E-state index in [1.54, 1.807) is 47.0 Å². The third-order valence-corrected chi connectivity index (χ3v) is 3.83. The summed E-state index contributed by atoms with van der Waals surface area (Å²) >= 11 is 5.80. The van der Waals surface area contributed by atoms with Crippen molar-refractivity contribution in [3.05, 3.63) is 41.2 Å². The Labute approximate surface area is 132 Å². The van der Waals surface area contributed by atoms with Crippen molar-refractivity contribution in [1.82, 2.24) is 19.9 Å². The Morgan fingerprint density at radius 3 is 2.68 bits per heavy atom. The molecule has 1 aromatic heterocycles. The van der Waals surface area contributed by atoms with E-state index in [2.05, 4.69) is 15.6 Å². The minimum atomic E-state index is -0.641. The zero-order valence-electron chi connectivity index (χ0n) is 12.0. The molecule has 3 rings (SSSR count). The van der Waals surface area contributed by atoms with E-state index in [4.69, 9.17) is 11.6 Å². The van der Waals surface area contributed by atoms with Crippen LogP contribution >= 0.6 is 11.6 Å². The molecule has 7 nitrogen and oxygen atoms in total. The number of hydrogen-bond donors (Lipinski definition) is 2. The van der Waals surface area contributed by atoms with Crippen molar-refractivity contribution < 1.29 is 9.90 Å². The summed E-state index contributed by atoms with van der Waals surface area (Å²) < 4.78 is 1.69. The first-order valence-corrected chi connectivity index (χ1v) is 7.32. The standard InChI is InChI=1S/C14H16ClN5O2/c1-9(21)13-8-20(18-17-13)12-6-19(7-12)14(22)16-11-4-2-10(15)3-5-11/h2-5,8-9,12,21H,6-7H2,1H3,(H,16,22). The van der Waals surface area contributed by atoms with Gasteiger partial charge in [-0.25, -0.2) is 9.48 Å². The van der Waals surface area contributed by atoms with E-state index in [-0.39, 0.29) is 12.1 Å². The Balaban J connectivity index is 1.53. The van der Waals surface area contributed by atoms with Crippen molar-refractivity contribution in [2.75, 3.05) is 18.4 Å². The number of carbonyl (C=O) groups is 1. The Hall–Kier alpha value is -2.12. The number of amides is 2. The first-order valence-electron chi connectivity index (χ1n) is 6.94. The van der Waals surface area contributed by atoms with Crippen LogP contribution in [0.4, 0.5) is 10.5 Å². The minimum Gasteiger partial charge on any atom is -0.387 e. The van der Waals surface area contributed by atoms with Gasteiger partial charge in [-0.1, -0.05) is 16.8 Å². The van der Waals surface area contributed by atoms with Crippen LogP contribution in [0, 0.1) is 0 Å². The SMILES string of the molecule is CC(O)c1cn(C2CN(C(=O)Nc3ccc(Cl)cc3)C2)nn1. The second-order valence-electron chi connectivity index (χ2n) is 5.30. The lowest BCUT2D eigenvalue weighted by atomic mass is 10.1. The van der Waals surface area contributed by atoms with Gasteiger partial charge in [0.05, 0.1) is 18.3 Å². The zero-order chi connectivity index (χ0) is 15.7. The quantitative estimate of drug-likeness (QED) is 0.906. The molecular formula is C14H16ClN5O2. The Morgan fingerprint density at radius 2 is 2.09 bits per heavy atom. The van der Waals surface area contributed by atoms with Crippen LogP contribution in [-0.4, -0.2) is 44.1 Å². The van der Waals surface area contributed by atoms with E-state index in [1.807, 2.05) is 0 Å². The number of nitrogens with one attached hydrogen (secondary N) is 1. The first-order chi connectivity index (χ1) is 10.5. The van der Waals surface area contributed by atoms with Crippen LogP contribution in [0.5, 0.6) is 0 Å². The number of benzene rings is 1. The molecule has 22 heavy (non-hydrogen) atoms. The number of rotatable bonds is 3. The number of anilines is 1. The lowest BCUT2D eigenvalue weighted by molar-refractivity contribution is 0.127. The van der Waals surface area contributed by atoms with E-state index >= 15 is 0 Å². The number of aliphatic hydroxyl groups is 1. The number of likely N-dealkylation sites (tertiary alicyclic amines) is 1. The van der Waals surface area contributed by atoms with E-state index in [9.17, 15) is 9.90 Å². The van der Waals surface area contributed by atoms with Gasteiger partial charge < -0.3 is 15.3 Å². The molecule has 1 atom stereocenters. The molecule has 0 saturated carbocycles. The van der Waals surface area contributed by atoms with Gasteiger partial charge in [0.25, 0.3) is 0 Å². The number of nitrogens with zero attached hydrogens (tertiary/aromatic N) is 4. The maximum Gasteiger partial charge on any atom is 0.321 e. The summed E-state index contributed by atoms with van der Waals surface area (Å²) in [5.74, 6) is 0. The number of aromatic nitrogens is 3. The average Bonchev–Trinajstić information content (AvgIpc) is 2.89. The highest BCUT2D eigenvalue weighted by molar-refractivity contribution is 6.30. The molecule has 2 aromatic rings. The molecular weight excluding hydrogens is 306 g/mol. The topological polar surface area (TPSA) is 83.3 Å². The maximum absolute atomic E-state index is 12.1. The highest BCUT2D eigenvalue weighted by Gasteiger charge is 2.33. The van der Waals surface area contributed by atoms with Crippen LogP contribution in [0.3, 0.4) is 0 Å². The fourth-order valence-corrected chi connectivity index (χ4v) is 2.31. The summed E-state index contributed by atoms with van der Waals surface area (Å²) in [5, 5.41) is 20.7. The second kappa shape index (κ2) is 5.94. The summed E-state index contributed by atoms with van der Waals surface area (Å²) in [7, 11) is 0. The first kappa shape index (κ1) is 14.8. The molecule has 1 unspecified atom stereocenters. The zero-order valence-corrected chi connectivity index (χ0v) is 12.7. The highest BCUT2D eigenvalue weighted by atomic mass is 35.5. The lowest BCUT2D eigenvalue weighted by Gasteiger charge is -2.38. The van der Waals surface area contributed by atoms with Gasteiger partial charge in [0.15, 0.2) is 0 Å². The van der Waals surface area contributed by atoms with Gasteiger partial charge in [-0.05, 0) is 31.2 Å². The van der Waals surface area contributed by atoms with Gasteiger partial charge in [0.1, 0.15) is 5.69 Å². The second-order valence-corrected chi connectivity index (χ2v) is 5.73. The summed E-state index contributed by atoms with van der Waals surface area (Å²) in [4.78, 5) is 13.8. The number of halogens is 1. The van der Waals surface area contributed by atoms with Crippen LogP contribution in [-0.2, 0) is 0 Å². The average molecular weight is 322 g/mol. The van der Waals surface area contributed by atoms with Crippen molar-refractivity contribution in [3.8, 4) is 0 Å². The number of urea groups is 1. The van der Waals surface area contributed by atoms with Gasteiger partial charge in [0.2, 0.25) is 0 Å². The largest absolute Gasteiger partial charge is 0.387 e. The number of carbonyl (C=O) groups excluding carboxylic acids is 1. The Bertz CT molecular complexity index is 664. The Kier molecular flexibility index (Phi) is 4.00. The molecule has 1 aromatic carbocycles. The van der Waals surface area contributed by atoms with Gasteiger partial charge in [-0.3, -0.25) is 0 Å².